The van der Waals surface area contributed by atoms with Gasteiger partial charge in [0.2, 0.25) is 5.91 Å². The number of amides is 1. The third kappa shape index (κ3) is 5.35. The topological polar surface area (TPSA) is 72.7 Å². The van der Waals surface area contributed by atoms with Gasteiger partial charge in [0.15, 0.2) is 8.32 Å². The summed E-state index contributed by atoms with van der Waals surface area (Å²) in [6.45, 7) is 12.2. The van der Waals surface area contributed by atoms with Gasteiger partial charge in [0, 0.05) is 25.6 Å². The minimum absolute atomic E-state index is 0.0485. The van der Waals surface area contributed by atoms with Crippen LogP contribution in [0.25, 0.3) is 0 Å². The Hall–Kier alpha value is -1.80. The Bertz CT molecular complexity index is 712. The van der Waals surface area contributed by atoms with Crippen LogP contribution in [0.3, 0.4) is 0 Å². The van der Waals surface area contributed by atoms with Crippen LogP contribution in [0.15, 0.2) is 18.2 Å². The van der Waals surface area contributed by atoms with Gasteiger partial charge in [0.25, 0.3) is 5.69 Å². The molecular weight excluding hydrogens is 367 g/mol. The average molecular weight is 397 g/mol. The number of carbonyl (C=O) groups excluding carboxylic acids is 1. The monoisotopic (exact) mass is 396 g/mol. The number of halogens is 1. The minimum Gasteiger partial charge on any atom is -0.410 e. The fraction of sp³-hybridized carbons (Fsp3) is 0.632. The second-order valence-corrected chi connectivity index (χ2v) is 13.4. The molecule has 1 fully saturated rings. The first-order valence-electron chi connectivity index (χ1n) is 9.29. The smallest absolute Gasteiger partial charge is 0.272 e. The van der Waals surface area contributed by atoms with Crippen LogP contribution in [-0.2, 0) is 15.6 Å². The lowest BCUT2D eigenvalue weighted by atomic mass is 10.1. The normalized spacial score (nSPS) is 15.6. The highest BCUT2D eigenvalue weighted by Crippen LogP contribution is 2.38. The molecule has 0 aromatic heterocycles. The van der Waals surface area contributed by atoms with E-state index in [2.05, 4.69) is 33.9 Å². The maximum absolute atomic E-state index is 13.9. The second kappa shape index (κ2) is 8.06. The molecule has 0 atom stereocenters. The fourth-order valence-electron chi connectivity index (χ4n) is 2.75. The molecule has 0 saturated carbocycles. The molecule has 0 bridgehead atoms. The number of nitro benzene ring substituents is 1. The molecule has 0 unspecified atom stereocenters. The standard InChI is InChI=1S/C19H29FN2O4Si/c1-19(2,3)27(4,5)26-16-12-21(13-16)18(23)8-6-7-14-9-10-15(22(24)25)11-17(14)20/h9-11,16H,6-8,12-13H2,1-5H3. The number of likely N-dealkylation sites (tertiary alicyclic amines) is 1. The lowest BCUT2D eigenvalue weighted by Gasteiger charge is -2.46. The summed E-state index contributed by atoms with van der Waals surface area (Å²) in [6, 6.07) is 3.64. The van der Waals surface area contributed by atoms with Gasteiger partial charge < -0.3 is 9.33 Å². The Morgan fingerprint density at radius 3 is 2.52 bits per heavy atom. The van der Waals surface area contributed by atoms with E-state index < -0.39 is 19.1 Å². The third-order valence-electron chi connectivity index (χ3n) is 5.55. The van der Waals surface area contributed by atoms with Crippen molar-refractivity contribution in [2.45, 2.75) is 64.3 Å². The molecule has 1 aromatic carbocycles. The highest BCUT2D eigenvalue weighted by atomic mass is 28.4. The molecule has 150 valence electrons. The van der Waals surface area contributed by atoms with Crippen molar-refractivity contribution in [3.05, 3.63) is 39.7 Å². The molecule has 6 nitrogen and oxygen atoms in total. The summed E-state index contributed by atoms with van der Waals surface area (Å²) < 4.78 is 20.1. The van der Waals surface area contributed by atoms with Crippen LogP contribution in [0.4, 0.5) is 10.1 Å². The first kappa shape index (κ1) is 21.5. The van der Waals surface area contributed by atoms with Gasteiger partial charge >= 0.3 is 0 Å². The van der Waals surface area contributed by atoms with Gasteiger partial charge in [-0.15, -0.1) is 0 Å². The van der Waals surface area contributed by atoms with Crippen molar-refractivity contribution in [2.75, 3.05) is 13.1 Å². The first-order valence-corrected chi connectivity index (χ1v) is 12.2. The zero-order valence-electron chi connectivity index (χ0n) is 16.8. The third-order valence-corrected chi connectivity index (χ3v) is 10.1. The molecule has 0 N–H and O–H groups in total. The lowest BCUT2D eigenvalue weighted by Crippen LogP contribution is -2.59. The zero-order chi connectivity index (χ0) is 20.4. The van der Waals surface area contributed by atoms with Crippen LogP contribution in [0.1, 0.15) is 39.2 Å². The van der Waals surface area contributed by atoms with E-state index in [0.717, 1.165) is 6.07 Å². The van der Waals surface area contributed by atoms with Crippen molar-refractivity contribution in [3.63, 3.8) is 0 Å². The Morgan fingerprint density at radius 1 is 1.37 bits per heavy atom. The molecule has 1 aliphatic rings. The average Bonchev–Trinajstić information content (AvgIpc) is 2.50. The number of rotatable bonds is 7. The highest BCUT2D eigenvalue weighted by molar-refractivity contribution is 6.74. The van der Waals surface area contributed by atoms with Crippen LogP contribution < -0.4 is 0 Å². The van der Waals surface area contributed by atoms with E-state index in [1.165, 1.54) is 12.1 Å². The van der Waals surface area contributed by atoms with Crippen LogP contribution >= 0.6 is 0 Å². The van der Waals surface area contributed by atoms with E-state index in [-0.39, 0.29) is 22.7 Å². The molecule has 8 heteroatoms. The number of benzene rings is 1. The molecule has 0 spiro atoms. The summed E-state index contributed by atoms with van der Waals surface area (Å²) in [5.41, 5.74) is 0.136. The van der Waals surface area contributed by atoms with Crippen LogP contribution in [0.5, 0.6) is 0 Å². The SMILES string of the molecule is CC(C)(C)[Si](C)(C)OC1CN(C(=O)CCCc2ccc([N+](=O)[O-])cc2F)C1. The van der Waals surface area contributed by atoms with Gasteiger partial charge in [-0.2, -0.15) is 0 Å². The summed E-state index contributed by atoms with van der Waals surface area (Å²) in [5, 5.41) is 10.8. The molecule has 0 aliphatic carbocycles. The molecule has 2 rings (SSSR count). The predicted octanol–water partition coefficient (Wildman–Crippen LogP) is 4.29. The zero-order valence-corrected chi connectivity index (χ0v) is 17.8. The maximum Gasteiger partial charge on any atom is 0.272 e. The summed E-state index contributed by atoms with van der Waals surface area (Å²) in [6.07, 6.45) is 1.34. The molecule has 1 heterocycles. The molecule has 1 aromatic rings. The van der Waals surface area contributed by atoms with Crippen molar-refractivity contribution >= 4 is 19.9 Å². The Kier molecular flexibility index (Phi) is 6.42. The predicted molar refractivity (Wildman–Crippen MR) is 105 cm³/mol. The van der Waals surface area contributed by atoms with Crippen molar-refractivity contribution in [2.24, 2.45) is 0 Å². The summed E-state index contributed by atoms with van der Waals surface area (Å²) in [7, 11) is -1.82. The van der Waals surface area contributed by atoms with Crippen LogP contribution in [0, 0.1) is 15.9 Å². The van der Waals surface area contributed by atoms with Gasteiger partial charge in [-0.05, 0) is 42.6 Å². The van der Waals surface area contributed by atoms with Gasteiger partial charge in [-0.3, -0.25) is 14.9 Å². The second-order valence-electron chi connectivity index (χ2n) is 8.69. The lowest BCUT2D eigenvalue weighted by molar-refractivity contribution is -0.385. The molecule has 1 saturated heterocycles. The van der Waals surface area contributed by atoms with Crippen molar-refractivity contribution in [1.29, 1.82) is 0 Å². The van der Waals surface area contributed by atoms with E-state index in [0.29, 0.717) is 37.9 Å². The number of aryl methyl sites for hydroxylation is 1. The van der Waals surface area contributed by atoms with E-state index in [1.807, 2.05) is 0 Å². The van der Waals surface area contributed by atoms with Crippen molar-refractivity contribution in [3.8, 4) is 0 Å². The molecule has 0 radical (unpaired) electrons. The Balaban J connectivity index is 1.75. The van der Waals surface area contributed by atoms with Gasteiger partial charge in [0.05, 0.1) is 17.1 Å². The summed E-state index contributed by atoms with van der Waals surface area (Å²) in [5.74, 6) is -0.546. The number of hydrogen-bond acceptors (Lipinski definition) is 4. The number of hydrogen-bond donors (Lipinski definition) is 0. The van der Waals surface area contributed by atoms with Crippen molar-refractivity contribution in [1.82, 2.24) is 4.90 Å². The van der Waals surface area contributed by atoms with E-state index >= 15 is 0 Å². The largest absolute Gasteiger partial charge is 0.410 e. The Labute approximate surface area is 161 Å². The number of nitro groups is 1. The quantitative estimate of drug-likeness (QED) is 0.391. The number of nitrogens with zero attached hydrogens (tertiary/aromatic N) is 2. The van der Waals surface area contributed by atoms with E-state index in [9.17, 15) is 19.3 Å². The minimum atomic E-state index is -1.82. The van der Waals surface area contributed by atoms with Gasteiger partial charge in [-0.1, -0.05) is 20.8 Å². The molecule has 1 aliphatic heterocycles. The van der Waals surface area contributed by atoms with Gasteiger partial charge in [0.1, 0.15) is 5.82 Å². The van der Waals surface area contributed by atoms with Crippen LogP contribution in [0.2, 0.25) is 18.1 Å². The first-order chi connectivity index (χ1) is 12.4. The Morgan fingerprint density at radius 2 is 2.00 bits per heavy atom. The molecular formula is C19H29FN2O4Si. The molecule has 27 heavy (non-hydrogen) atoms. The summed E-state index contributed by atoms with van der Waals surface area (Å²) >= 11 is 0. The maximum atomic E-state index is 13.9. The van der Waals surface area contributed by atoms with Gasteiger partial charge in [-0.25, -0.2) is 4.39 Å². The summed E-state index contributed by atoms with van der Waals surface area (Å²) in [4.78, 5) is 24.0. The van der Waals surface area contributed by atoms with Crippen molar-refractivity contribution < 1.29 is 18.5 Å². The van der Waals surface area contributed by atoms with E-state index in [4.69, 9.17) is 4.43 Å². The van der Waals surface area contributed by atoms with E-state index in [1.54, 1.807) is 4.90 Å². The number of carbonyl (C=O) groups is 1. The fourth-order valence-corrected chi connectivity index (χ4v) is 4.09. The highest BCUT2D eigenvalue weighted by Gasteiger charge is 2.42. The number of non-ortho nitro benzene ring substituents is 1. The molecule has 1 amide bonds. The van der Waals surface area contributed by atoms with Crippen LogP contribution in [-0.4, -0.2) is 43.2 Å².